The smallest absolute Gasteiger partial charge is 0.280 e. The van der Waals surface area contributed by atoms with Crippen molar-refractivity contribution in [2.75, 3.05) is 38.1 Å². The summed E-state index contributed by atoms with van der Waals surface area (Å²) < 4.78 is 42.9. The number of hydrogen-bond donors (Lipinski definition) is 2. The summed E-state index contributed by atoms with van der Waals surface area (Å²) in [4.78, 5) is 22.1. The topological polar surface area (TPSA) is 126 Å². The number of anilines is 1. The lowest BCUT2D eigenvalue weighted by atomic mass is 10.0. The molecule has 1 amide bonds. The minimum Gasteiger partial charge on any atom is -0.490 e. The Kier molecular flexibility index (Phi) is 13.0. The number of aromatic nitrogens is 2. The molecular formula is C33H45Cl2N5O6S. The van der Waals surface area contributed by atoms with E-state index in [0.29, 0.717) is 35.5 Å². The highest BCUT2D eigenvalue weighted by Gasteiger charge is 2.31. The number of fused-ring (bicyclic) bond motifs is 1. The maximum absolute atomic E-state index is 14.3. The lowest BCUT2D eigenvalue weighted by molar-refractivity contribution is -0.0177. The van der Waals surface area contributed by atoms with Crippen LogP contribution in [0.5, 0.6) is 5.75 Å². The number of hydrogen-bond acceptors (Lipinski definition) is 8. The van der Waals surface area contributed by atoms with Gasteiger partial charge >= 0.3 is 0 Å². The molecule has 4 atom stereocenters. The molecule has 0 spiro atoms. The fourth-order valence-corrected chi connectivity index (χ4v) is 6.86. The van der Waals surface area contributed by atoms with Gasteiger partial charge in [0, 0.05) is 51.1 Å². The van der Waals surface area contributed by atoms with Crippen LogP contribution in [0, 0.1) is 5.92 Å². The fraction of sp³-hybridized carbons (Fsp3) is 0.515. The number of aliphatic hydroxyl groups excluding tert-OH is 1. The van der Waals surface area contributed by atoms with Gasteiger partial charge in [-0.25, -0.2) is 4.98 Å². The number of benzene rings is 2. The summed E-state index contributed by atoms with van der Waals surface area (Å²) in [5, 5.41) is 11.1. The molecule has 0 radical (unpaired) electrons. The Balaban J connectivity index is 1.63. The van der Waals surface area contributed by atoms with Crippen LogP contribution in [-0.2, 0) is 28.4 Å². The predicted molar refractivity (Wildman–Crippen MR) is 184 cm³/mol. The van der Waals surface area contributed by atoms with E-state index >= 15 is 0 Å². The van der Waals surface area contributed by atoms with Gasteiger partial charge in [0.15, 0.2) is 5.03 Å². The SMILES string of the molecule is C[C@@H]1CCCCO[C@@H](CN(C)Cc2ccc(Cl)c(Cl)c2)[C@H](C)CN([C@H](C)CO)C(=O)c2cc(NS(=O)(=O)c3cn(C)cn3)ccc2O1. The number of sulfonamides is 1. The summed E-state index contributed by atoms with van der Waals surface area (Å²) in [5.41, 5.74) is 1.40. The van der Waals surface area contributed by atoms with Gasteiger partial charge in [-0.05, 0) is 76.1 Å². The molecule has 2 aromatic carbocycles. The predicted octanol–water partition coefficient (Wildman–Crippen LogP) is 5.46. The zero-order chi connectivity index (χ0) is 34.3. The number of likely N-dealkylation sites (N-methyl/N-ethyl adjacent to an activating group) is 1. The largest absolute Gasteiger partial charge is 0.490 e. The van der Waals surface area contributed by atoms with E-state index in [1.165, 1.54) is 23.2 Å². The molecule has 258 valence electrons. The molecule has 0 unspecified atom stereocenters. The number of halogens is 2. The van der Waals surface area contributed by atoms with Gasteiger partial charge in [0.1, 0.15) is 5.75 Å². The van der Waals surface area contributed by atoms with Crippen LogP contribution in [0.4, 0.5) is 5.69 Å². The maximum Gasteiger partial charge on any atom is 0.280 e. The lowest BCUT2D eigenvalue weighted by Gasteiger charge is -2.36. The van der Waals surface area contributed by atoms with Crippen LogP contribution in [0.25, 0.3) is 0 Å². The summed E-state index contributed by atoms with van der Waals surface area (Å²) >= 11 is 12.4. The van der Waals surface area contributed by atoms with E-state index in [9.17, 15) is 18.3 Å². The van der Waals surface area contributed by atoms with Crippen molar-refractivity contribution >= 4 is 44.8 Å². The summed E-state index contributed by atoms with van der Waals surface area (Å²) in [5.74, 6) is -0.168. The van der Waals surface area contributed by atoms with Crippen molar-refractivity contribution in [2.45, 2.75) is 69.9 Å². The van der Waals surface area contributed by atoms with Crippen molar-refractivity contribution in [3.8, 4) is 5.75 Å². The molecule has 3 aromatic rings. The lowest BCUT2D eigenvalue weighted by Crippen LogP contribution is -2.47. The number of ether oxygens (including phenoxy) is 2. The maximum atomic E-state index is 14.3. The average molecular weight is 711 g/mol. The van der Waals surface area contributed by atoms with Crippen LogP contribution in [0.15, 0.2) is 53.9 Å². The molecule has 14 heteroatoms. The molecule has 11 nitrogen and oxygen atoms in total. The van der Waals surface area contributed by atoms with Crippen molar-refractivity contribution < 1.29 is 27.8 Å². The normalized spacial score (nSPS) is 20.7. The first-order valence-corrected chi connectivity index (χ1v) is 18.0. The first-order valence-electron chi connectivity index (χ1n) is 15.7. The van der Waals surface area contributed by atoms with Gasteiger partial charge in [-0.3, -0.25) is 14.4 Å². The monoisotopic (exact) mass is 709 g/mol. The summed E-state index contributed by atoms with van der Waals surface area (Å²) in [6.07, 6.45) is 4.79. The highest BCUT2D eigenvalue weighted by atomic mass is 35.5. The van der Waals surface area contributed by atoms with E-state index in [1.54, 1.807) is 37.1 Å². The molecule has 1 aliphatic rings. The van der Waals surface area contributed by atoms with Crippen LogP contribution in [0.1, 0.15) is 56.0 Å². The zero-order valence-electron chi connectivity index (χ0n) is 27.5. The highest BCUT2D eigenvalue weighted by molar-refractivity contribution is 7.92. The molecule has 47 heavy (non-hydrogen) atoms. The van der Waals surface area contributed by atoms with Crippen LogP contribution in [-0.4, -0.2) is 90.4 Å². The molecule has 0 saturated carbocycles. The third-order valence-corrected chi connectivity index (χ3v) is 10.2. The Bertz CT molecular complexity index is 1620. The van der Waals surface area contributed by atoms with Gasteiger partial charge in [0.25, 0.3) is 15.9 Å². The number of aliphatic hydroxyl groups is 1. The number of rotatable bonds is 9. The number of carbonyl (C=O) groups is 1. The number of amides is 1. The van der Waals surface area contributed by atoms with E-state index < -0.39 is 16.1 Å². The molecule has 0 saturated heterocycles. The minimum absolute atomic E-state index is 0.124. The first kappa shape index (κ1) is 37.0. The molecule has 2 N–H and O–H groups in total. The van der Waals surface area contributed by atoms with Crippen molar-refractivity contribution in [3.05, 3.63) is 70.1 Å². The van der Waals surface area contributed by atoms with Crippen LogP contribution in [0.3, 0.4) is 0 Å². The molecule has 0 fully saturated rings. The second kappa shape index (κ2) is 16.5. The molecular weight excluding hydrogens is 665 g/mol. The van der Waals surface area contributed by atoms with E-state index in [-0.39, 0.29) is 53.5 Å². The van der Waals surface area contributed by atoms with Crippen LogP contribution < -0.4 is 9.46 Å². The number of imidazole rings is 1. The summed E-state index contributed by atoms with van der Waals surface area (Å²) in [6, 6.07) is 9.71. The Morgan fingerprint density at radius 2 is 1.91 bits per heavy atom. The third-order valence-electron chi connectivity index (χ3n) is 8.19. The standard InChI is InChI=1S/C33H45Cl2N5O6S/c1-22-16-40(23(2)20-41)33(42)27-15-26(37-47(43,44)32-19-39(5)21-36-32)10-12-30(27)46-24(3)8-6-7-13-45-31(22)18-38(4)17-25-9-11-28(34)29(35)14-25/h9-12,14-15,19,21-24,31,37,41H,6-8,13,16-18,20H2,1-5H3/t22-,23-,24-,31+/m1/s1. The van der Waals surface area contributed by atoms with Gasteiger partial charge in [0.2, 0.25) is 0 Å². The van der Waals surface area contributed by atoms with Gasteiger partial charge in [-0.15, -0.1) is 0 Å². The first-order chi connectivity index (χ1) is 22.3. The second-order valence-corrected chi connectivity index (χ2v) is 14.9. The quantitative estimate of drug-likeness (QED) is 0.300. The summed E-state index contributed by atoms with van der Waals surface area (Å²) in [6.45, 7) is 7.54. The molecule has 1 aliphatic heterocycles. The van der Waals surface area contributed by atoms with E-state index in [2.05, 4.69) is 14.6 Å². The molecule has 1 aromatic heterocycles. The number of aryl methyl sites for hydroxylation is 1. The van der Waals surface area contributed by atoms with Crippen molar-refractivity contribution in [3.63, 3.8) is 0 Å². The Morgan fingerprint density at radius 3 is 2.60 bits per heavy atom. The summed E-state index contributed by atoms with van der Waals surface area (Å²) in [7, 11) is -0.325. The van der Waals surface area contributed by atoms with Crippen LogP contribution >= 0.6 is 23.2 Å². The van der Waals surface area contributed by atoms with Gasteiger partial charge in [-0.2, -0.15) is 8.42 Å². The van der Waals surface area contributed by atoms with E-state index in [1.807, 2.05) is 33.0 Å². The highest BCUT2D eigenvalue weighted by Crippen LogP contribution is 2.30. The Morgan fingerprint density at radius 1 is 1.15 bits per heavy atom. The minimum atomic E-state index is -4.01. The third kappa shape index (κ3) is 10.1. The number of carbonyl (C=O) groups excluding carboxylic acids is 1. The Labute approximate surface area is 287 Å². The fourth-order valence-electron chi connectivity index (χ4n) is 5.51. The molecule has 0 aliphatic carbocycles. The number of nitrogens with zero attached hydrogens (tertiary/aromatic N) is 4. The van der Waals surface area contributed by atoms with Crippen molar-refractivity contribution in [1.82, 2.24) is 19.4 Å². The molecule has 4 rings (SSSR count). The van der Waals surface area contributed by atoms with Crippen LogP contribution in [0.2, 0.25) is 10.0 Å². The van der Waals surface area contributed by atoms with Crippen molar-refractivity contribution in [2.24, 2.45) is 13.0 Å². The van der Waals surface area contributed by atoms with Crippen molar-refractivity contribution in [1.29, 1.82) is 0 Å². The van der Waals surface area contributed by atoms with Gasteiger partial charge in [-0.1, -0.05) is 36.2 Å². The molecule has 2 heterocycles. The number of nitrogens with one attached hydrogen (secondary N) is 1. The van der Waals surface area contributed by atoms with E-state index in [0.717, 1.165) is 24.8 Å². The van der Waals surface area contributed by atoms with Gasteiger partial charge < -0.3 is 24.0 Å². The van der Waals surface area contributed by atoms with E-state index in [4.69, 9.17) is 32.7 Å². The Hall–Kier alpha value is -2.87. The van der Waals surface area contributed by atoms with Gasteiger partial charge in [0.05, 0.1) is 46.8 Å². The average Bonchev–Trinajstić information content (AvgIpc) is 3.47. The molecule has 0 bridgehead atoms. The zero-order valence-corrected chi connectivity index (χ0v) is 29.9. The second-order valence-electron chi connectivity index (χ2n) is 12.4.